The van der Waals surface area contributed by atoms with Crippen molar-refractivity contribution in [1.29, 1.82) is 0 Å². The average molecular weight is 698 g/mol. The smallest absolute Gasteiger partial charge is 0.410 e. The van der Waals surface area contributed by atoms with E-state index >= 15 is 4.39 Å². The van der Waals surface area contributed by atoms with Crippen molar-refractivity contribution in [1.82, 2.24) is 14.9 Å². The highest BCUT2D eigenvalue weighted by atomic mass is 35.5. The van der Waals surface area contributed by atoms with Gasteiger partial charge in [-0.3, -0.25) is 4.72 Å². The first kappa shape index (κ1) is 35.2. The number of hydrogen-bond donors (Lipinski definition) is 2. The van der Waals surface area contributed by atoms with Crippen molar-refractivity contribution in [2.45, 2.75) is 82.3 Å². The third-order valence-corrected chi connectivity index (χ3v) is 10.3. The Bertz CT molecular complexity index is 1930. The number of carbonyl (C=O) groups is 1. The molecule has 1 aliphatic rings. The summed E-state index contributed by atoms with van der Waals surface area (Å²) >= 11 is 6.12. The largest absolute Gasteiger partial charge is 0.496 e. The molecule has 3 aromatic carbocycles. The van der Waals surface area contributed by atoms with Crippen molar-refractivity contribution in [3.63, 3.8) is 0 Å². The minimum absolute atomic E-state index is 0.0905. The number of aryl methyl sites for hydroxylation is 1. The lowest BCUT2D eigenvalue weighted by Gasteiger charge is -2.43. The molecule has 0 spiro atoms. The van der Waals surface area contributed by atoms with Crippen LogP contribution in [0.3, 0.4) is 0 Å². The van der Waals surface area contributed by atoms with Crippen molar-refractivity contribution >= 4 is 50.3 Å². The third kappa shape index (κ3) is 7.44. The molecule has 1 saturated carbocycles. The summed E-state index contributed by atoms with van der Waals surface area (Å²) in [7, 11) is -1.50. The minimum atomic E-state index is -4.32. The predicted octanol–water partition coefficient (Wildman–Crippen LogP) is 8.05. The Balaban J connectivity index is 1.38. The summed E-state index contributed by atoms with van der Waals surface area (Å²) in [5, 5.41) is 4.41. The van der Waals surface area contributed by atoms with Gasteiger partial charge in [-0.1, -0.05) is 30.7 Å². The van der Waals surface area contributed by atoms with Gasteiger partial charge in [0.15, 0.2) is 0 Å². The van der Waals surface area contributed by atoms with Crippen molar-refractivity contribution in [2.75, 3.05) is 24.3 Å². The van der Waals surface area contributed by atoms with Gasteiger partial charge in [-0.2, -0.15) is 0 Å². The Kier molecular flexibility index (Phi) is 10.4. The molecule has 2 N–H and O–H groups in total. The van der Waals surface area contributed by atoms with Crippen molar-refractivity contribution < 1.29 is 27.1 Å². The number of aromatic nitrogens is 2. The second kappa shape index (κ2) is 14.1. The van der Waals surface area contributed by atoms with Gasteiger partial charge in [0.25, 0.3) is 10.0 Å². The topological polar surface area (TPSA) is 123 Å². The SMILES string of the molecule is CCc1cc(-c2cc(F)c(S(=O)(=O)Nc3ccccc3Cl)cc2OC)cc2cnc(NC3CCC(N(C(=O)OC)C(C)(C)C)CC3)nc12. The molecule has 256 valence electrons. The predicted molar refractivity (Wildman–Crippen MR) is 187 cm³/mol. The minimum Gasteiger partial charge on any atom is -0.496 e. The molecule has 1 fully saturated rings. The fourth-order valence-electron chi connectivity index (χ4n) is 6.32. The number of amides is 1. The van der Waals surface area contributed by atoms with E-state index in [0.29, 0.717) is 23.5 Å². The van der Waals surface area contributed by atoms with Crippen molar-refractivity contribution in [2.24, 2.45) is 0 Å². The van der Waals surface area contributed by atoms with Gasteiger partial charge in [0.05, 0.1) is 30.4 Å². The number of rotatable bonds is 9. The number of nitrogens with one attached hydrogen (secondary N) is 2. The van der Waals surface area contributed by atoms with Crippen LogP contribution in [-0.4, -0.2) is 61.2 Å². The molecular formula is C35H41ClFN5O5S. The molecule has 0 atom stereocenters. The summed E-state index contributed by atoms with van der Waals surface area (Å²) in [6.45, 7) is 8.05. The van der Waals surface area contributed by atoms with Gasteiger partial charge < -0.3 is 19.7 Å². The Morgan fingerprint density at radius 2 is 1.79 bits per heavy atom. The van der Waals surface area contributed by atoms with Crippen LogP contribution in [0.25, 0.3) is 22.0 Å². The van der Waals surface area contributed by atoms with Gasteiger partial charge in [0, 0.05) is 40.8 Å². The molecule has 0 radical (unpaired) electrons. The second-order valence-electron chi connectivity index (χ2n) is 12.8. The number of fused-ring (bicyclic) bond motifs is 1. The number of anilines is 2. The van der Waals surface area contributed by atoms with E-state index in [4.69, 9.17) is 26.1 Å². The van der Waals surface area contributed by atoms with Crippen LogP contribution in [0.2, 0.25) is 5.02 Å². The van der Waals surface area contributed by atoms with E-state index in [9.17, 15) is 13.2 Å². The average Bonchev–Trinajstić information content (AvgIpc) is 3.05. The number of para-hydroxylation sites is 1. The van der Waals surface area contributed by atoms with E-state index in [1.165, 1.54) is 32.4 Å². The quantitative estimate of drug-likeness (QED) is 0.180. The Morgan fingerprint density at radius 3 is 2.42 bits per heavy atom. The van der Waals surface area contributed by atoms with Crippen LogP contribution in [0.15, 0.2) is 59.6 Å². The first-order chi connectivity index (χ1) is 22.7. The molecular weight excluding hydrogens is 657 g/mol. The van der Waals surface area contributed by atoms with E-state index in [-0.39, 0.29) is 40.2 Å². The maximum atomic E-state index is 15.5. The molecule has 48 heavy (non-hydrogen) atoms. The van der Waals surface area contributed by atoms with Crippen LogP contribution in [0.1, 0.15) is 58.9 Å². The summed E-state index contributed by atoms with van der Waals surface area (Å²) in [5.74, 6) is -0.242. The fraction of sp³-hybridized carbons (Fsp3) is 0.400. The second-order valence-corrected chi connectivity index (χ2v) is 14.9. The molecule has 1 heterocycles. The number of nitrogens with zero attached hydrogens (tertiary/aromatic N) is 3. The number of sulfonamides is 1. The number of benzene rings is 3. The van der Waals surface area contributed by atoms with Crippen LogP contribution in [0.5, 0.6) is 5.75 Å². The molecule has 0 aliphatic heterocycles. The lowest BCUT2D eigenvalue weighted by molar-refractivity contribution is 0.0440. The Morgan fingerprint density at radius 1 is 1.08 bits per heavy atom. The zero-order valence-electron chi connectivity index (χ0n) is 27.9. The van der Waals surface area contributed by atoms with Crippen molar-refractivity contribution in [3.05, 3.63) is 71.1 Å². The van der Waals surface area contributed by atoms with Gasteiger partial charge in [-0.25, -0.2) is 27.6 Å². The molecule has 1 aliphatic carbocycles. The molecule has 1 aromatic heterocycles. The Labute approximate surface area is 286 Å². The van der Waals surface area contributed by atoms with Gasteiger partial charge in [-0.15, -0.1) is 0 Å². The molecule has 1 amide bonds. The highest BCUT2D eigenvalue weighted by Crippen LogP contribution is 2.38. The van der Waals surface area contributed by atoms with E-state index in [2.05, 4.69) is 15.0 Å². The highest BCUT2D eigenvalue weighted by Gasteiger charge is 2.36. The molecule has 4 aromatic rings. The lowest BCUT2D eigenvalue weighted by Crippen LogP contribution is -2.53. The summed E-state index contributed by atoms with van der Waals surface area (Å²) < 4.78 is 54.8. The van der Waals surface area contributed by atoms with Gasteiger partial charge >= 0.3 is 6.09 Å². The summed E-state index contributed by atoms with van der Waals surface area (Å²) in [5.41, 5.74) is 2.48. The zero-order valence-corrected chi connectivity index (χ0v) is 29.5. The van der Waals surface area contributed by atoms with Gasteiger partial charge in [0.1, 0.15) is 16.5 Å². The number of halogens is 2. The third-order valence-electron chi connectivity index (χ3n) is 8.60. The molecule has 10 nitrogen and oxygen atoms in total. The molecule has 0 saturated heterocycles. The van der Waals surface area contributed by atoms with E-state index < -0.39 is 20.7 Å². The molecule has 5 rings (SSSR count). The summed E-state index contributed by atoms with van der Waals surface area (Å²) in [6, 6.07) is 12.6. The summed E-state index contributed by atoms with van der Waals surface area (Å²) in [6.07, 6.45) is 5.41. The first-order valence-corrected chi connectivity index (χ1v) is 17.7. The monoisotopic (exact) mass is 697 g/mol. The van der Waals surface area contributed by atoms with Gasteiger partial charge in [0.2, 0.25) is 5.95 Å². The van der Waals surface area contributed by atoms with Crippen LogP contribution in [-0.2, 0) is 21.2 Å². The van der Waals surface area contributed by atoms with Gasteiger partial charge in [-0.05, 0) is 94.3 Å². The van der Waals surface area contributed by atoms with E-state index in [0.717, 1.165) is 48.2 Å². The summed E-state index contributed by atoms with van der Waals surface area (Å²) in [4.78, 5) is 23.2. The maximum Gasteiger partial charge on any atom is 0.410 e. The first-order valence-electron chi connectivity index (χ1n) is 15.8. The molecule has 13 heteroatoms. The number of ether oxygens (including phenoxy) is 2. The highest BCUT2D eigenvalue weighted by molar-refractivity contribution is 7.92. The zero-order chi connectivity index (χ0) is 34.8. The normalized spacial score (nSPS) is 16.8. The maximum absolute atomic E-state index is 15.5. The van der Waals surface area contributed by atoms with Crippen LogP contribution in [0.4, 0.5) is 20.8 Å². The van der Waals surface area contributed by atoms with Crippen molar-refractivity contribution in [3.8, 4) is 16.9 Å². The number of carbonyl (C=O) groups excluding carboxylic acids is 1. The lowest BCUT2D eigenvalue weighted by atomic mass is 9.88. The molecule has 0 unspecified atom stereocenters. The van der Waals surface area contributed by atoms with E-state index in [1.807, 2.05) is 44.7 Å². The van der Waals surface area contributed by atoms with Crippen LogP contribution >= 0.6 is 11.6 Å². The molecule has 0 bridgehead atoms. The van der Waals surface area contributed by atoms with Crippen LogP contribution in [0, 0.1) is 5.82 Å². The standard InChI is InChI=1S/C35H41ClFN5O5S/c1-7-21-16-22(26-18-28(37)31(19-30(26)46-5)48(44,45)41-29-11-9-8-10-27(29)36)17-23-20-38-33(40-32(21)23)39-24-12-14-25(15-13-24)42(34(43)47-6)35(2,3)4/h8-11,16-20,24-25,41H,7,12-15H2,1-6H3,(H,38,39,40). The Hall–Kier alpha value is -4.16. The van der Waals surface area contributed by atoms with E-state index in [1.54, 1.807) is 18.3 Å². The fourth-order valence-corrected chi connectivity index (χ4v) is 7.72. The number of methoxy groups -OCH3 is 2. The van der Waals surface area contributed by atoms with Crippen LogP contribution < -0.4 is 14.8 Å². The number of hydrogen-bond acceptors (Lipinski definition) is 8.